The summed E-state index contributed by atoms with van der Waals surface area (Å²) in [6, 6.07) is 6.43. The molecule has 1 saturated heterocycles. The van der Waals surface area contributed by atoms with Crippen molar-refractivity contribution in [1.29, 1.82) is 0 Å². The van der Waals surface area contributed by atoms with Crippen molar-refractivity contribution in [1.82, 2.24) is 29.0 Å². The highest BCUT2D eigenvalue weighted by Crippen LogP contribution is 2.22. The molecule has 0 aliphatic carbocycles. The molecule has 1 aromatic heterocycles. The van der Waals surface area contributed by atoms with E-state index in [1.165, 1.54) is 12.1 Å². The molecule has 0 radical (unpaired) electrons. The second kappa shape index (κ2) is 8.97. The minimum atomic E-state index is -0.269. The van der Waals surface area contributed by atoms with Crippen LogP contribution in [0.25, 0.3) is 5.69 Å². The number of hydrogen-bond acceptors (Lipinski definition) is 5. The lowest BCUT2D eigenvalue weighted by molar-refractivity contribution is 0.111. The molecule has 0 saturated carbocycles. The van der Waals surface area contributed by atoms with E-state index in [1.807, 2.05) is 23.3 Å². The van der Waals surface area contributed by atoms with Crippen molar-refractivity contribution in [3.05, 3.63) is 40.7 Å². The second-order valence-electron chi connectivity index (χ2n) is 7.33. The smallest absolute Gasteiger partial charge is 0.203 e. The van der Waals surface area contributed by atoms with Crippen molar-refractivity contribution in [3.8, 4) is 18.0 Å². The van der Waals surface area contributed by atoms with Gasteiger partial charge in [0.15, 0.2) is 5.82 Å². The van der Waals surface area contributed by atoms with Crippen molar-refractivity contribution in [2.24, 2.45) is 0 Å². The average molecular weight is 403 g/mol. The van der Waals surface area contributed by atoms with Crippen molar-refractivity contribution in [3.63, 3.8) is 0 Å². The third-order valence-corrected chi connectivity index (χ3v) is 5.60. The number of rotatable bonds is 6. The largest absolute Gasteiger partial charge is 0.300 e. The van der Waals surface area contributed by atoms with E-state index in [4.69, 9.17) is 23.7 Å². The first kappa shape index (κ1) is 20.7. The fourth-order valence-corrected chi connectivity index (χ4v) is 3.56. The van der Waals surface area contributed by atoms with Gasteiger partial charge < -0.3 is 0 Å². The monoisotopic (exact) mass is 402 g/mol. The van der Waals surface area contributed by atoms with Gasteiger partial charge in [-0.1, -0.05) is 5.92 Å². The number of aromatic nitrogens is 3. The highest BCUT2D eigenvalue weighted by Gasteiger charge is 2.22. The van der Waals surface area contributed by atoms with Crippen molar-refractivity contribution in [2.45, 2.75) is 19.6 Å². The zero-order valence-corrected chi connectivity index (χ0v) is 17.5. The molecule has 1 aromatic carbocycles. The van der Waals surface area contributed by atoms with Gasteiger partial charge in [-0.15, -0.1) is 6.42 Å². The van der Waals surface area contributed by atoms with E-state index in [0.29, 0.717) is 18.0 Å². The van der Waals surface area contributed by atoms with Crippen LogP contribution in [0, 0.1) is 22.9 Å². The molecule has 2 heterocycles. The summed E-state index contributed by atoms with van der Waals surface area (Å²) in [5.74, 6) is 3.28. The van der Waals surface area contributed by atoms with E-state index in [0.717, 1.165) is 37.7 Å². The zero-order chi connectivity index (χ0) is 20.3. The summed E-state index contributed by atoms with van der Waals surface area (Å²) >= 11 is 5.75. The minimum absolute atomic E-state index is 0.0560. The molecule has 8 heteroatoms. The Bertz CT molecular complexity index is 887. The van der Waals surface area contributed by atoms with E-state index < -0.39 is 0 Å². The molecular weight excluding hydrogens is 375 g/mol. The fraction of sp³-hybridized carbons (Fsp3) is 0.500. The van der Waals surface area contributed by atoms with Crippen LogP contribution in [-0.2, 0) is 6.67 Å². The topological polar surface area (TPSA) is 32.5 Å². The normalized spacial score (nSPS) is 17.0. The van der Waals surface area contributed by atoms with Gasteiger partial charge in [0.05, 0.1) is 19.3 Å². The fourth-order valence-electron chi connectivity index (χ4n) is 3.26. The molecule has 150 valence electrons. The molecule has 1 fully saturated rings. The second-order valence-corrected chi connectivity index (χ2v) is 7.70. The third kappa shape index (κ3) is 4.50. The van der Waals surface area contributed by atoms with Gasteiger partial charge in [0.1, 0.15) is 5.82 Å². The third-order valence-electron chi connectivity index (χ3n) is 5.21. The first-order valence-electron chi connectivity index (χ1n) is 9.41. The van der Waals surface area contributed by atoms with Gasteiger partial charge >= 0.3 is 0 Å². The van der Waals surface area contributed by atoms with Crippen LogP contribution >= 0.6 is 12.2 Å². The van der Waals surface area contributed by atoms with Crippen LogP contribution < -0.4 is 0 Å². The molecule has 0 spiro atoms. The quantitative estimate of drug-likeness (QED) is 0.547. The van der Waals surface area contributed by atoms with E-state index in [1.54, 1.807) is 12.1 Å². The molecule has 1 aliphatic heterocycles. The van der Waals surface area contributed by atoms with Gasteiger partial charge in [-0.2, -0.15) is 5.10 Å². The van der Waals surface area contributed by atoms with E-state index in [2.05, 4.69) is 27.5 Å². The summed E-state index contributed by atoms with van der Waals surface area (Å²) in [6.07, 6.45) is 5.41. The van der Waals surface area contributed by atoms with Crippen LogP contribution in [0.5, 0.6) is 0 Å². The summed E-state index contributed by atoms with van der Waals surface area (Å²) in [4.78, 5) is 6.68. The molecule has 1 unspecified atom stereocenters. The molecule has 3 rings (SSSR count). The maximum atomic E-state index is 13.4. The maximum absolute atomic E-state index is 13.4. The number of nitrogens with zero attached hydrogens (tertiary/aromatic N) is 6. The Morgan fingerprint density at radius 2 is 1.79 bits per heavy atom. The number of benzene rings is 1. The molecule has 28 heavy (non-hydrogen) atoms. The maximum Gasteiger partial charge on any atom is 0.203 e. The summed E-state index contributed by atoms with van der Waals surface area (Å²) in [5, 5.41) is 4.83. The van der Waals surface area contributed by atoms with Crippen LogP contribution in [-0.4, -0.2) is 75.9 Å². The predicted octanol–water partition coefficient (Wildman–Crippen LogP) is 2.37. The summed E-state index contributed by atoms with van der Waals surface area (Å²) in [7, 11) is 4.01. The first-order chi connectivity index (χ1) is 13.4. The lowest BCUT2D eigenvalue weighted by Crippen LogP contribution is -2.46. The average Bonchev–Trinajstić information content (AvgIpc) is 3.00. The Hall–Kier alpha value is -2.05. The van der Waals surface area contributed by atoms with Gasteiger partial charge in [-0.05, 0) is 57.5 Å². The Balaban J connectivity index is 1.89. The lowest BCUT2D eigenvalue weighted by atomic mass is 10.2. The van der Waals surface area contributed by atoms with Crippen LogP contribution in [0.2, 0.25) is 0 Å². The van der Waals surface area contributed by atoms with Crippen LogP contribution in [0.15, 0.2) is 24.3 Å². The van der Waals surface area contributed by atoms with E-state index in [9.17, 15) is 4.39 Å². The summed E-state index contributed by atoms with van der Waals surface area (Å²) in [5.41, 5.74) is 0.820. The van der Waals surface area contributed by atoms with Gasteiger partial charge in [-0.25, -0.2) is 9.07 Å². The van der Waals surface area contributed by atoms with Gasteiger partial charge in [-0.3, -0.25) is 19.3 Å². The molecule has 0 amide bonds. The Labute approximate surface area is 171 Å². The van der Waals surface area contributed by atoms with Gasteiger partial charge in [0.2, 0.25) is 4.77 Å². The molecule has 6 nitrogen and oxygen atoms in total. The van der Waals surface area contributed by atoms with E-state index >= 15 is 0 Å². The van der Waals surface area contributed by atoms with Gasteiger partial charge in [0.25, 0.3) is 0 Å². The van der Waals surface area contributed by atoms with Crippen molar-refractivity contribution in [2.75, 3.05) is 46.8 Å². The molecule has 0 bridgehead atoms. The molecule has 2 aromatic rings. The summed E-state index contributed by atoms with van der Waals surface area (Å²) < 4.78 is 17.8. The van der Waals surface area contributed by atoms with Gasteiger partial charge in [0, 0.05) is 31.9 Å². The standard InChI is InChI=1S/C20H27FN6S/c1-5-10-24-11-13-25(14-12-24)15-26-20(28)27(18-8-6-17(21)7-9-18)19(22-26)16(2)23(3)4/h1,6-9,16H,10-15H2,2-4H3. The SMILES string of the molecule is C#CCN1CCN(Cn2nc(C(C)N(C)C)n(-c3ccc(F)cc3)c2=S)CC1. The number of hydrogen-bond donors (Lipinski definition) is 0. The van der Waals surface area contributed by atoms with Crippen LogP contribution in [0.1, 0.15) is 18.8 Å². The summed E-state index contributed by atoms with van der Waals surface area (Å²) in [6.45, 7) is 7.13. The predicted molar refractivity (Wildman–Crippen MR) is 111 cm³/mol. The highest BCUT2D eigenvalue weighted by atomic mass is 32.1. The minimum Gasteiger partial charge on any atom is -0.300 e. The van der Waals surface area contributed by atoms with Crippen LogP contribution in [0.4, 0.5) is 4.39 Å². The zero-order valence-electron chi connectivity index (χ0n) is 16.7. The number of halogens is 1. The number of piperazine rings is 1. The Morgan fingerprint density at radius 3 is 2.36 bits per heavy atom. The van der Waals surface area contributed by atoms with Crippen LogP contribution in [0.3, 0.4) is 0 Å². The number of terminal acetylenes is 1. The highest BCUT2D eigenvalue weighted by molar-refractivity contribution is 7.71. The molecule has 0 N–H and O–H groups in total. The Kier molecular flexibility index (Phi) is 6.62. The molecule has 1 atom stereocenters. The first-order valence-corrected chi connectivity index (χ1v) is 9.82. The van der Waals surface area contributed by atoms with E-state index in [-0.39, 0.29) is 11.9 Å². The molecule has 1 aliphatic rings. The molecular formula is C20H27FN6S. The van der Waals surface area contributed by atoms with Crippen molar-refractivity contribution >= 4 is 12.2 Å². The Morgan fingerprint density at radius 1 is 1.18 bits per heavy atom. The van der Waals surface area contributed by atoms with Crippen molar-refractivity contribution < 1.29 is 4.39 Å². The lowest BCUT2D eigenvalue weighted by Gasteiger charge is -2.33.